The van der Waals surface area contributed by atoms with Gasteiger partial charge in [-0.15, -0.1) is 0 Å². The molecule has 0 N–H and O–H groups in total. The van der Waals surface area contributed by atoms with Gasteiger partial charge in [0, 0.05) is 19.6 Å². The zero-order valence-electron chi connectivity index (χ0n) is 12.9. The Hall–Kier alpha value is -2.07. The molecule has 0 bridgehead atoms. The summed E-state index contributed by atoms with van der Waals surface area (Å²) < 4.78 is 5.25. The van der Waals surface area contributed by atoms with Crippen LogP contribution in [0.25, 0.3) is 0 Å². The average Bonchev–Trinajstić information content (AvgIpc) is 2.90. The van der Waals surface area contributed by atoms with Crippen molar-refractivity contribution < 1.29 is 9.21 Å². The molecule has 0 fully saturated rings. The molecule has 21 heavy (non-hydrogen) atoms. The van der Waals surface area contributed by atoms with Crippen LogP contribution in [0.3, 0.4) is 0 Å². The number of amides is 1. The third kappa shape index (κ3) is 4.20. The van der Waals surface area contributed by atoms with E-state index in [4.69, 9.17) is 4.42 Å². The number of nitrogens with zero attached hydrogens (tertiary/aromatic N) is 2. The minimum atomic E-state index is 0.0203. The van der Waals surface area contributed by atoms with Crippen LogP contribution in [0.1, 0.15) is 21.7 Å². The van der Waals surface area contributed by atoms with Crippen molar-refractivity contribution in [2.24, 2.45) is 0 Å². The number of rotatable bonds is 6. The highest BCUT2D eigenvalue weighted by Gasteiger charge is 2.19. The van der Waals surface area contributed by atoms with Crippen molar-refractivity contribution in [1.82, 2.24) is 9.80 Å². The molecule has 0 aliphatic rings. The number of likely N-dealkylation sites (N-methyl/N-ethyl adjacent to an activating group) is 1. The Balaban J connectivity index is 2.15. The van der Waals surface area contributed by atoms with Gasteiger partial charge in [0.1, 0.15) is 5.76 Å². The third-order valence-electron chi connectivity index (χ3n) is 3.41. The SMILES string of the molecule is Cc1occc1C(=O)N(CCN(C)C)Cc1ccccc1. The molecule has 0 saturated heterocycles. The van der Waals surface area contributed by atoms with Gasteiger partial charge in [0.25, 0.3) is 5.91 Å². The fourth-order valence-corrected chi connectivity index (χ4v) is 2.15. The lowest BCUT2D eigenvalue weighted by Crippen LogP contribution is -2.36. The zero-order valence-corrected chi connectivity index (χ0v) is 12.9. The summed E-state index contributed by atoms with van der Waals surface area (Å²) in [7, 11) is 4.02. The predicted octanol–water partition coefficient (Wildman–Crippen LogP) is 2.79. The second-order valence-electron chi connectivity index (χ2n) is 5.41. The van der Waals surface area contributed by atoms with E-state index in [2.05, 4.69) is 4.90 Å². The molecular formula is C17H22N2O2. The fraction of sp³-hybridized carbons (Fsp3) is 0.353. The first-order valence-electron chi connectivity index (χ1n) is 7.10. The summed E-state index contributed by atoms with van der Waals surface area (Å²) in [6.07, 6.45) is 1.56. The summed E-state index contributed by atoms with van der Waals surface area (Å²) in [5.74, 6) is 0.690. The van der Waals surface area contributed by atoms with E-state index in [1.165, 1.54) is 0 Å². The van der Waals surface area contributed by atoms with Crippen LogP contribution < -0.4 is 0 Å². The number of carbonyl (C=O) groups excluding carboxylic acids is 1. The van der Waals surface area contributed by atoms with Crippen LogP contribution in [-0.2, 0) is 6.54 Å². The van der Waals surface area contributed by atoms with E-state index in [-0.39, 0.29) is 5.91 Å². The van der Waals surface area contributed by atoms with Crippen molar-refractivity contribution in [1.29, 1.82) is 0 Å². The number of furan rings is 1. The van der Waals surface area contributed by atoms with Crippen LogP contribution in [0.4, 0.5) is 0 Å². The van der Waals surface area contributed by atoms with Crippen LogP contribution in [0, 0.1) is 6.92 Å². The first-order valence-corrected chi connectivity index (χ1v) is 7.10. The van der Waals surface area contributed by atoms with Crippen molar-refractivity contribution >= 4 is 5.91 Å². The van der Waals surface area contributed by atoms with E-state index in [1.807, 2.05) is 56.3 Å². The minimum Gasteiger partial charge on any atom is -0.469 e. The number of carbonyl (C=O) groups is 1. The average molecular weight is 286 g/mol. The molecule has 0 atom stereocenters. The van der Waals surface area contributed by atoms with Crippen LogP contribution in [0.5, 0.6) is 0 Å². The van der Waals surface area contributed by atoms with E-state index < -0.39 is 0 Å². The minimum absolute atomic E-state index is 0.0203. The Morgan fingerprint density at radius 3 is 2.38 bits per heavy atom. The lowest BCUT2D eigenvalue weighted by molar-refractivity contribution is 0.0730. The van der Waals surface area contributed by atoms with Gasteiger partial charge < -0.3 is 14.2 Å². The number of hydrogen-bond acceptors (Lipinski definition) is 3. The highest BCUT2D eigenvalue weighted by molar-refractivity contribution is 5.95. The Kier molecular flexibility index (Phi) is 5.17. The number of aryl methyl sites for hydroxylation is 1. The highest BCUT2D eigenvalue weighted by Crippen LogP contribution is 2.14. The summed E-state index contributed by atoms with van der Waals surface area (Å²) >= 11 is 0. The molecule has 1 aromatic carbocycles. The maximum absolute atomic E-state index is 12.7. The standard InChI is InChI=1S/C17H22N2O2/c1-14-16(9-12-21-14)17(20)19(11-10-18(2)3)13-15-7-5-4-6-8-15/h4-9,12H,10-11,13H2,1-3H3. The number of benzene rings is 1. The second kappa shape index (κ2) is 7.09. The van der Waals surface area contributed by atoms with Gasteiger partial charge in [0.05, 0.1) is 11.8 Å². The smallest absolute Gasteiger partial charge is 0.257 e. The molecule has 2 aromatic rings. The van der Waals surface area contributed by atoms with Gasteiger partial charge in [-0.05, 0) is 32.6 Å². The fourth-order valence-electron chi connectivity index (χ4n) is 2.15. The zero-order chi connectivity index (χ0) is 15.2. The topological polar surface area (TPSA) is 36.7 Å². The Morgan fingerprint density at radius 2 is 1.81 bits per heavy atom. The van der Waals surface area contributed by atoms with Crippen molar-refractivity contribution in [3.05, 3.63) is 59.5 Å². The van der Waals surface area contributed by atoms with Gasteiger partial charge in [-0.1, -0.05) is 30.3 Å². The predicted molar refractivity (Wildman–Crippen MR) is 83.2 cm³/mol. The van der Waals surface area contributed by atoms with E-state index in [9.17, 15) is 4.79 Å². The quantitative estimate of drug-likeness (QED) is 0.819. The van der Waals surface area contributed by atoms with Crippen LogP contribution in [-0.4, -0.2) is 42.9 Å². The Bertz CT molecular complexity index is 575. The molecule has 0 saturated carbocycles. The molecule has 112 valence electrons. The van der Waals surface area contributed by atoms with Gasteiger partial charge in [-0.2, -0.15) is 0 Å². The summed E-state index contributed by atoms with van der Waals surface area (Å²) in [6, 6.07) is 11.8. The summed E-state index contributed by atoms with van der Waals surface area (Å²) in [5.41, 5.74) is 1.77. The highest BCUT2D eigenvalue weighted by atomic mass is 16.3. The van der Waals surface area contributed by atoms with Crippen LogP contribution >= 0.6 is 0 Å². The lowest BCUT2D eigenvalue weighted by Gasteiger charge is -2.24. The second-order valence-corrected chi connectivity index (χ2v) is 5.41. The molecule has 1 aromatic heterocycles. The van der Waals surface area contributed by atoms with E-state index in [1.54, 1.807) is 12.3 Å². The monoisotopic (exact) mass is 286 g/mol. The first-order chi connectivity index (χ1) is 10.1. The Morgan fingerprint density at radius 1 is 1.10 bits per heavy atom. The normalized spacial score (nSPS) is 10.9. The molecule has 1 heterocycles. The molecule has 2 rings (SSSR count). The molecule has 1 amide bonds. The molecule has 0 aliphatic heterocycles. The maximum Gasteiger partial charge on any atom is 0.257 e. The summed E-state index contributed by atoms with van der Waals surface area (Å²) in [4.78, 5) is 16.6. The van der Waals surface area contributed by atoms with E-state index in [0.717, 1.165) is 12.1 Å². The molecule has 4 heteroatoms. The first kappa shape index (κ1) is 15.3. The van der Waals surface area contributed by atoms with E-state index in [0.29, 0.717) is 24.4 Å². The van der Waals surface area contributed by atoms with Gasteiger partial charge in [0.2, 0.25) is 0 Å². The molecule has 0 aliphatic carbocycles. The van der Waals surface area contributed by atoms with E-state index >= 15 is 0 Å². The third-order valence-corrected chi connectivity index (χ3v) is 3.41. The molecule has 0 unspecified atom stereocenters. The summed E-state index contributed by atoms with van der Waals surface area (Å²) in [5, 5.41) is 0. The van der Waals surface area contributed by atoms with Crippen molar-refractivity contribution in [2.45, 2.75) is 13.5 Å². The van der Waals surface area contributed by atoms with Gasteiger partial charge in [0.15, 0.2) is 0 Å². The summed E-state index contributed by atoms with van der Waals surface area (Å²) in [6.45, 7) is 3.94. The van der Waals surface area contributed by atoms with Crippen LogP contribution in [0.2, 0.25) is 0 Å². The largest absolute Gasteiger partial charge is 0.469 e. The van der Waals surface area contributed by atoms with Gasteiger partial charge in [-0.3, -0.25) is 4.79 Å². The van der Waals surface area contributed by atoms with Gasteiger partial charge in [-0.25, -0.2) is 0 Å². The molecule has 0 radical (unpaired) electrons. The maximum atomic E-state index is 12.7. The molecular weight excluding hydrogens is 264 g/mol. The molecule has 0 spiro atoms. The Labute approximate surface area is 126 Å². The van der Waals surface area contributed by atoms with Crippen molar-refractivity contribution in [2.75, 3.05) is 27.2 Å². The van der Waals surface area contributed by atoms with Gasteiger partial charge >= 0.3 is 0 Å². The van der Waals surface area contributed by atoms with Crippen molar-refractivity contribution in [3.63, 3.8) is 0 Å². The molecule has 4 nitrogen and oxygen atoms in total. The lowest BCUT2D eigenvalue weighted by atomic mass is 10.1. The van der Waals surface area contributed by atoms with Crippen molar-refractivity contribution in [3.8, 4) is 0 Å². The number of hydrogen-bond donors (Lipinski definition) is 0. The van der Waals surface area contributed by atoms with Crippen LogP contribution in [0.15, 0.2) is 47.1 Å².